The minimum atomic E-state index is -4.58. The highest BCUT2D eigenvalue weighted by molar-refractivity contribution is 7.52. The molecular weight excluding hydrogens is 293 g/mol. The Kier molecular flexibility index (Phi) is 4.53. The quantitative estimate of drug-likeness (QED) is 0.502. The van der Waals surface area contributed by atoms with E-state index in [0.29, 0.717) is 0 Å². The minimum absolute atomic E-state index is 0.264. The largest absolute Gasteiger partial charge is 0.339 e. The number of hydrogen-bond acceptors (Lipinski definition) is 3. The van der Waals surface area contributed by atoms with Gasteiger partial charge >= 0.3 is 7.60 Å². The molecular formula is C14H14NO5P. The molecule has 0 aliphatic heterocycles. The van der Waals surface area contributed by atoms with Crippen molar-refractivity contribution < 1.29 is 19.3 Å². The molecule has 2 aromatic carbocycles. The molecule has 0 unspecified atom stereocenters. The molecule has 0 amide bonds. The van der Waals surface area contributed by atoms with Gasteiger partial charge in [0.05, 0.1) is 0 Å². The average Bonchev–Trinajstić information content (AvgIpc) is 2.45. The minimum Gasteiger partial charge on any atom is -0.324 e. The number of hydrogen-bond donors (Lipinski definition) is 2. The molecule has 0 radical (unpaired) electrons. The fourth-order valence-electron chi connectivity index (χ4n) is 2.08. The Balaban J connectivity index is 2.32. The van der Waals surface area contributed by atoms with Gasteiger partial charge in [-0.15, -0.1) is 0 Å². The summed E-state index contributed by atoms with van der Waals surface area (Å²) in [5, 5.41) is 10.6. The van der Waals surface area contributed by atoms with Crippen LogP contribution in [0.4, 0.5) is 0 Å². The number of nitro groups is 1. The molecule has 1 atom stereocenters. The Morgan fingerprint density at radius 1 is 1.00 bits per heavy atom. The maximum Gasteiger partial charge on any atom is 0.339 e. The van der Waals surface area contributed by atoms with Crippen molar-refractivity contribution in [2.24, 2.45) is 0 Å². The fourth-order valence-corrected chi connectivity index (χ4v) is 2.98. The molecule has 0 bridgehead atoms. The number of rotatable bonds is 5. The van der Waals surface area contributed by atoms with Gasteiger partial charge in [0.1, 0.15) is 0 Å². The van der Waals surface area contributed by atoms with Gasteiger partial charge in [-0.2, -0.15) is 0 Å². The van der Waals surface area contributed by atoms with Gasteiger partial charge in [0.25, 0.3) is 0 Å². The SMILES string of the molecule is O=[N+]([O-])C[C@@H](c1ccc(-c2ccccc2)cc1)P(=O)(O)O. The normalized spacial score (nSPS) is 12.9. The van der Waals surface area contributed by atoms with E-state index in [-0.39, 0.29) is 5.56 Å². The predicted octanol–water partition coefficient (Wildman–Crippen LogP) is 2.85. The summed E-state index contributed by atoms with van der Waals surface area (Å²) in [5.74, 6) is 0. The van der Waals surface area contributed by atoms with Gasteiger partial charge in [-0.25, -0.2) is 0 Å². The maximum atomic E-state index is 11.4. The second-order valence-corrected chi connectivity index (χ2v) is 6.41. The molecule has 0 saturated heterocycles. The van der Waals surface area contributed by atoms with Gasteiger partial charge in [-0.3, -0.25) is 14.7 Å². The summed E-state index contributed by atoms with van der Waals surface area (Å²) in [6, 6.07) is 15.9. The fraction of sp³-hybridized carbons (Fsp3) is 0.143. The first kappa shape index (κ1) is 15.4. The van der Waals surface area contributed by atoms with Crippen LogP contribution in [-0.2, 0) is 4.57 Å². The van der Waals surface area contributed by atoms with Gasteiger partial charge in [0.2, 0.25) is 6.54 Å². The van der Waals surface area contributed by atoms with Crippen LogP contribution in [0.2, 0.25) is 0 Å². The smallest absolute Gasteiger partial charge is 0.324 e. The zero-order valence-electron chi connectivity index (χ0n) is 11.0. The molecule has 21 heavy (non-hydrogen) atoms. The van der Waals surface area contributed by atoms with E-state index in [1.165, 1.54) is 12.1 Å². The average molecular weight is 307 g/mol. The van der Waals surface area contributed by atoms with Gasteiger partial charge in [-0.05, 0) is 16.7 Å². The Morgan fingerprint density at radius 2 is 1.52 bits per heavy atom. The van der Waals surface area contributed by atoms with Gasteiger partial charge in [-0.1, -0.05) is 54.6 Å². The van der Waals surface area contributed by atoms with Crippen LogP contribution in [0.1, 0.15) is 11.2 Å². The maximum absolute atomic E-state index is 11.4. The molecule has 2 aromatic rings. The van der Waals surface area contributed by atoms with Crippen molar-refractivity contribution in [2.75, 3.05) is 6.54 Å². The monoisotopic (exact) mass is 307 g/mol. The van der Waals surface area contributed by atoms with E-state index < -0.39 is 24.7 Å². The molecule has 0 aliphatic carbocycles. The van der Waals surface area contributed by atoms with Crippen LogP contribution in [0.15, 0.2) is 54.6 Å². The van der Waals surface area contributed by atoms with Crippen LogP contribution in [0.25, 0.3) is 11.1 Å². The highest BCUT2D eigenvalue weighted by Crippen LogP contribution is 2.51. The summed E-state index contributed by atoms with van der Waals surface area (Å²) >= 11 is 0. The molecule has 0 heterocycles. The Hall–Kier alpha value is -2.01. The van der Waals surface area contributed by atoms with Crippen molar-refractivity contribution >= 4 is 7.60 Å². The van der Waals surface area contributed by atoms with E-state index in [2.05, 4.69) is 0 Å². The summed E-state index contributed by atoms with van der Waals surface area (Å²) in [4.78, 5) is 28.4. The molecule has 6 nitrogen and oxygen atoms in total. The highest BCUT2D eigenvalue weighted by Gasteiger charge is 2.34. The zero-order chi connectivity index (χ0) is 15.5. The molecule has 0 aromatic heterocycles. The Labute approximate surface area is 121 Å². The summed E-state index contributed by atoms with van der Waals surface area (Å²) in [5.41, 5.74) is 0.688. The van der Waals surface area contributed by atoms with Crippen LogP contribution in [-0.4, -0.2) is 21.3 Å². The number of benzene rings is 2. The van der Waals surface area contributed by atoms with E-state index in [1.807, 2.05) is 30.3 Å². The first-order valence-corrected chi connectivity index (χ1v) is 7.88. The van der Waals surface area contributed by atoms with Crippen molar-refractivity contribution in [2.45, 2.75) is 5.66 Å². The van der Waals surface area contributed by atoms with Crippen molar-refractivity contribution in [3.8, 4) is 11.1 Å². The molecule has 2 rings (SSSR count). The molecule has 0 fully saturated rings. The molecule has 0 aliphatic rings. The van der Waals surface area contributed by atoms with Crippen LogP contribution >= 0.6 is 7.60 Å². The Bertz CT molecular complexity index is 666. The van der Waals surface area contributed by atoms with E-state index >= 15 is 0 Å². The second kappa shape index (κ2) is 6.18. The highest BCUT2D eigenvalue weighted by atomic mass is 31.2. The van der Waals surface area contributed by atoms with Crippen molar-refractivity contribution in [1.29, 1.82) is 0 Å². The predicted molar refractivity (Wildman–Crippen MR) is 78.5 cm³/mol. The Morgan fingerprint density at radius 3 is 2.00 bits per heavy atom. The van der Waals surface area contributed by atoms with Gasteiger partial charge in [0, 0.05) is 4.92 Å². The second-order valence-electron chi connectivity index (χ2n) is 4.61. The van der Waals surface area contributed by atoms with E-state index in [4.69, 9.17) is 0 Å². The lowest BCUT2D eigenvalue weighted by Crippen LogP contribution is -2.13. The van der Waals surface area contributed by atoms with E-state index in [1.54, 1.807) is 12.1 Å². The van der Waals surface area contributed by atoms with Crippen molar-refractivity contribution in [3.63, 3.8) is 0 Å². The lowest BCUT2D eigenvalue weighted by molar-refractivity contribution is -0.480. The van der Waals surface area contributed by atoms with Crippen molar-refractivity contribution in [3.05, 3.63) is 70.3 Å². The number of nitrogens with zero attached hydrogens (tertiary/aromatic N) is 1. The standard InChI is InChI=1S/C14H14NO5P/c16-15(17)10-14(21(18,19)20)13-8-6-12(7-9-13)11-4-2-1-3-5-11/h1-9,14H,10H2,(H2,18,19,20)/t14-/m0/s1. The van der Waals surface area contributed by atoms with Crippen molar-refractivity contribution in [1.82, 2.24) is 0 Å². The molecule has 7 heteroatoms. The lowest BCUT2D eigenvalue weighted by atomic mass is 10.0. The molecule has 2 N–H and O–H groups in total. The topological polar surface area (TPSA) is 101 Å². The lowest BCUT2D eigenvalue weighted by Gasteiger charge is -2.15. The third kappa shape index (κ3) is 3.98. The zero-order valence-corrected chi connectivity index (χ0v) is 11.9. The first-order chi connectivity index (χ1) is 9.88. The summed E-state index contributed by atoms with van der Waals surface area (Å²) < 4.78 is 11.4. The first-order valence-electron chi connectivity index (χ1n) is 6.20. The summed E-state index contributed by atoms with van der Waals surface area (Å²) in [6.45, 7) is -0.797. The summed E-state index contributed by atoms with van der Waals surface area (Å²) in [6.07, 6.45) is 0. The molecule has 0 saturated carbocycles. The van der Waals surface area contributed by atoms with E-state index in [0.717, 1.165) is 11.1 Å². The molecule has 110 valence electrons. The summed E-state index contributed by atoms with van der Waals surface area (Å²) in [7, 11) is -4.58. The third-order valence-electron chi connectivity index (χ3n) is 3.13. The van der Waals surface area contributed by atoms with Crippen LogP contribution < -0.4 is 0 Å². The van der Waals surface area contributed by atoms with Gasteiger partial charge in [0.15, 0.2) is 5.66 Å². The van der Waals surface area contributed by atoms with Crippen LogP contribution in [0, 0.1) is 10.1 Å². The van der Waals surface area contributed by atoms with Crippen LogP contribution in [0.3, 0.4) is 0 Å². The van der Waals surface area contributed by atoms with Gasteiger partial charge < -0.3 is 9.79 Å². The third-order valence-corrected chi connectivity index (χ3v) is 4.40. The van der Waals surface area contributed by atoms with E-state index in [9.17, 15) is 24.5 Å². The van der Waals surface area contributed by atoms with Crippen LogP contribution in [0.5, 0.6) is 0 Å². The molecule has 0 spiro atoms.